The van der Waals surface area contributed by atoms with Gasteiger partial charge in [-0.1, -0.05) is 13.2 Å². The summed E-state index contributed by atoms with van der Waals surface area (Å²) in [6.07, 6.45) is -1.63. The van der Waals surface area contributed by atoms with Gasteiger partial charge in [0, 0.05) is 34.2 Å². The lowest BCUT2D eigenvalue weighted by Crippen LogP contribution is -2.32. The van der Waals surface area contributed by atoms with Gasteiger partial charge in [0.25, 0.3) is 0 Å². The molecule has 0 aliphatic carbocycles. The average molecular weight is 791 g/mol. The third kappa shape index (κ3) is 11.9. The number of thioether (sulfide) groups is 4. The quantitative estimate of drug-likeness (QED) is 0.0927. The number of esters is 4. The number of hydrogen-bond acceptors (Lipinski definition) is 14. The van der Waals surface area contributed by atoms with E-state index in [9.17, 15) is 19.2 Å². The van der Waals surface area contributed by atoms with Crippen LogP contribution in [0.3, 0.4) is 0 Å². The number of carbonyl (C=O) groups is 4. The van der Waals surface area contributed by atoms with Crippen molar-refractivity contribution in [3.05, 3.63) is 70.8 Å². The molecule has 2 saturated heterocycles. The number of rotatable bonds is 17. The van der Waals surface area contributed by atoms with Crippen molar-refractivity contribution in [2.24, 2.45) is 0 Å². The summed E-state index contributed by atoms with van der Waals surface area (Å²) in [6.45, 7) is 17.9. The maximum Gasteiger partial charge on any atom is 0.333 e. The minimum Gasteiger partial charge on any atom is -0.489 e. The molecule has 0 saturated carbocycles. The van der Waals surface area contributed by atoms with Gasteiger partial charge in [-0.2, -0.15) is 0 Å². The van der Waals surface area contributed by atoms with Gasteiger partial charge in [-0.3, -0.25) is 0 Å². The molecule has 2 heterocycles. The molecule has 2 aliphatic rings. The molecular weight excluding hydrogens is 745 g/mol. The summed E-state index contributed by atoms with van der Waals surface area (Å²) in [7, 11) is 0. The summed E-state index contributed by atoms with van der Waals surface area (Å²) in [6, 6.07) is 8.07. The fourth-order valence-electron chi connectivity index (χ4n) is 5.25. The summed E-state index contributed by atoms with van der Waals surface area (Å²) >= 11 is 6.17. The zero-order valence-corrected chi connectivity index (χ0v) is 33.7. The topological polar surface area (TPSA) is 124 Å². The molecule has 0 spiro atoms. The SMILES string of the molecule is C=C(C)C(=O)OC(COC(=O)C1SCCS1)COc1c(C)cc(-c2cc(C)c(OCC(COC(=O)C3SCCS3)OC(=O)C(=C)C)c(C)c2)cc1C. The van der Waals surface area contributed by atoms with E-state index < -0.39 is 24.1 Å². The van der Waals surface area contributed by atoms with E-state index in [1.807, 2.05) is 52.0 Å². The Bertz CT molecular complexity index is 1500. The standard InChI is InChI=1S/C38H46O10S4/c1-21(2)33(39)47-29(19-45-35(41)37-49-9-10-50-37)17-43-31-23(5)13-27(14-24(31)6)28-15-25(7)32(26(8)16-28)44-18-30(48-34(40)22(3)4)20-46-36(42)38-51-11-12-52-38/h13-16,29-30,37-38H,1,3,9-12,17-20H2,2,4-8H3. The van der Waals surface area contributed by atoms with Gasteiger partial charge in [-0.25, -0.2) is 19.2 Å². The Kier molecular flexibility index (Phi) is 15.8. The fraction of sp³-hybridized carbons (Fsp3) is 0.474. The molecule has 0 aromatic heterocycles. The van der Waals surface area contributed by atoms with E-state index in [1.54, 1.807) is 60.9 Å². The van der Waals surface area contributed by atoms with Crippen LogP contribution in [-0.2, 0) is 38.1 Å². The van der Waals surface area contributed by atoms with Crippen LogP contribution in [0.2, 0.25) is 0 Å². The number of hydrogen-bond donors (Lipinski definition) is 0. The first kappa shape index (κ1) is 41.6. The van der Waals surface area contributed by atoms with E-state index in [4.69, 9.17) is 28.4 Å². The predicted octanol–water partition coefficient (Wildman–Crippen LogP) is 7.02. The van der Waals surface area contributed by atoms with Gasteiger partial charge in [-0.05, 0) is 99.2 Å². The van der Waals surface area contributed by atoms with Gasteiger partial charge in [0.2, 0.25) is 0 Å². The first-order chi connectivity index (χ1) is 24.7. The average Bonchev–Trinajstić information content (AvgIpc) is 3.84. The van der Waals surface area contributed by atoms with Gasteiger partial charge in [0.15, 0.2) is 12.2 Å². The smallest absolute Gasteiger partial charge is 0.333 e. The van der Waals surface area contributed by atoms with E-state index in [0.29, 0.717) is 11.5 Å². The highest BCUT2D eigenvalue weighted by molar-refractivity contribution is 8.21. The molecule has 0 N–H and O–H groups in total. The second-order valence-electron chi connectivity index (χ2n) is 12.5. The molecule has 2 atom stereocenters. The monoisotopic (exact) mass is 790 g/mol. The van der Waals surface area contributed by atoms with Crippen LogP contribution in [0.1, 0.15) is 36.1 Å². The van der Waals surface area contributed by atoms with E-state index in [1.165, 1.54) is 0 Å². The summed E-state index contributed by atoms with van der Waals surface area (Å²) in [4.78, 5) is 49.7. The molecule has 2 aromatic carbocycles. The maximum absolute atomic E-state index is 12.5. The van der Waals surface area contributed by atoms with Crippen molar-refractivity contribution in [1.29, 1.82) is 0 Å². The molecule has 2 fully saturated rings. The highest BCUT2D eigenvalue weighted by Crippen LogP contribution is 2.36. The van der Waals surface area contributed by atoms with Crippen molar-refractivity contribution < 1.29 is 47.6 Å². The molecule has 0 bridgehead atoms. The van der Waals surface area contributed by atoms with Gasteiger partial charge >= 0.3 is 23.9 Å². The first-order valence-corrected chi connectivity index (χ1v) is 20.9. The Hall–Kier alpha value is -3.20. The Morgan fingerprint density at radius 2 is 0.904 bits per heavy atom. The van der Waals surface area contributed by atoms with Crippen molar-refractivity contribution >= 4 is 70.9 Å². The van der Waals surface area contributed by atoms with Crippen LogP contribution >= 0.6 is 47.0 Å². The van der Waals surface area contributed by atoms with Gasteiger partial charge < -0.3 is 28.4 Å². The lowest BCUT2D eigenvalue weighted by molar-refractivity contribution is -0.156. The number of carbonyl (C=O) groups excluding carboxylic acids is 4. The summed E-state index contributed by atoms with van der Waals surface area (Å²) in [5.74, 6) is 3.00. The second-order valence-corrected chi connectivity index (χ2v) is 18.0. The fourth-order valence-corrected chi connectivity index (χ4v) is 10.4. The molecule has 2 unspecified atom stereocenters. The predicted molar refractivity (Wildman–Crippen MR) is 211 cm³/mol. The molecule has 52 heavy (non-hydrogen) atoms. The lowest BCUT2D eigenvalue weighted by Gasteiger charge is -2.22. The largest absolute Gasteiger partial charge is 0.489 e. The lowest BCUT2D eigenvalue weighted by atomic mass is 9.96. The molecule has 10 nitrogen and oxygen atoms in total. The maximum atomic E-state index is 12.5. The minimum atomic E-state index is -0.817. The van der Waals surface area contributed by atoms with Gasteiger partial charge in [-0.15, -0.1) is 47.0 Å². The third-order valence-corrected chi connectivity index (χ3v) is 13.7. The number of ether oxygens (including phenoxy) is 6. The second kappa shape index (κ2) is 19.8. The summed E-state index contributed by atoms with van der Waals surface area (Å²) in [5.41, 5.74) is 5.90. The molecule has 0 radical (unpaired) electrons. The molecule has 282 valence electrons. The van der Waals surface area contributed by atoms with Crippen LogP contribution < -0.4 is 9.47 Å². The molecule has 2 aromatic rings. The highest BCUT2D eigenvalue weighted by Gasteiger charge is 2.29. The molecule has 4 rings (SSSR count). The van der Waals surface area contributed by atoms with Crippen LogP contribution in [0.4, 0.5) is 0 Å². The van der Waals surface area contributed by atoms with Crippen molar-refractivity contribution in [3.8, 4) is 22.6 Å². The Morgan fingerprint density at radius 1 is 0.596 bits per heavy atom. The Balaban J connectivity index is 1.43. The van der Waals surface area contributed by atoms with Crippen LogP contribution in [0.25, 0.3) is 11.1 Å². The normalized spacial score (nSPS) is 15.7. The minimum absolute atomic E-state index is 0.0110. The zero-order valence-electron chi connectivity index (χ0n) is 30.4. The molecule has 0 amide bonds. The van der Waals surface area contributed by atoms with E-state index in [-0.39, 0.29) is 58.7 Å². The van der Waals surface area contributed by atoms with Crippen LogP contribution in [0.5, 0.6) is 11.5 Å². The van der Waals surface area contributed by atoms with Crippen LogP contribution in [0.15, 0.2) is 48.6 Å². The van der Waals surface area contributed by atoms with Crippen molar-refractivity contribution in [1.82, 2.24) is 0 Å². The first-order valence-electron chi connectivity index (χ1n) is 16.7. The van der Waals surface area contributed by atoms with Gasteiger partial charge in [0.1, 0.15) is 47.1 Å². The zero-order chi connectivity index (χ0) is 37.9. The van der Waals surface area contributed by atoms with Crippen molar-refractivity contribution in [2.45, 2.75) is 62.9 Å². The highest BCUT2D eigenvalue weighted by atomic mass is 32.2. The van der Waals surface area contributed by atoms with E-state index >= 15 is 0 Å². The molecular formula is C38H46O10S4. The van der Waals surface area contributed by atoms with Crippen LogP contribution in [-0.4, -0.2) is 94.7 Å². The van der Waals surface area contributed by atoms with Crippen molar-refractivity contribution in [2.75, 3.05) is 49.4 Å². The van der Waals surface area contributed by atoms with Gasteiger partial charge in [0.05, 0.1) is 0 Å². The molecule has 14 heteroatoms. The third-order valence-electron chi connectivity index (χ3n) is 7.78. The Morgan fingerprint density at radius 3 is 1.19 bits per heavy atom. The van der Waals surface area contributed by atoms with E-state index in [2.05, 4.69) is 13.2 Å². The Labute approximate surface area is 322 Å². The summed E-state index contributed by atoms with van der Waals surface area (Å²) < 4.78 is 33.9. The van der Waals surface area contributed by atoms with E-state index in [0.717, 1.165) is 56.4 Å². The number of aryl methyl sites for hydroxylation is 4. The number of benzene rings is 2. The molecule has 2 aliphatic heterocycles. The van der Waals surface area contributed by atoms with Crippen molar-refractivity contribution in [3.63, 3.8) is 0 Å². The van der Waals surface area contributed by atoms with Crippen LogP contribution in [0, 0.1) is 27.7 Å². The summed E-state index contributed by atoms with van der Waals surface area (Å²) in [5, 5.41) is 0.